The molecule has 10 aromatic rings. The molecular formula is C46H28N2S. The third-order valence-corrected chi connectivity index (χ3v) is 10.9. The SMILES string of the molecule is c1ccc2c(-c3cc(-c4ccc(-c5ccc6ccc7cccnc7c6n5)c5ccccc45)c(-c4cccc5ccccc45)s3)cccc2c1. The van der Waals surface area contributed by atoms with E-state index in [1.807, 2.05) is 23.6 Å². The van der Waals surface area contributed by atoms with Crippen molar-refractivity contribution < 1.29 is 0 Å². The van der Waals surface area contributed by atoms with E-state index in [4.69, 9.17) is 9.97 Å². The Kier molecular flexibility index (Phi) is 6.39. The van der Waals surface area contributed by atoms with Crippen molar-refractivity contribution in [2.75, 3.05) is 0 Å². The number of aromatic nitrogens is 2. The molecule has 0 amide bonds. The Bertz CT molecular complexity index is 2890. The summed E-state index contributed by atoms with van der Waals surface area (Å²) < 4.78 is 0. The quantitative estimate of drug-likeness (QED) is 0.179. The maximum atomic E-state index is 5.24. The first-order chi connectivity index (χ1) is 24.3. The Labute approximate surface area is 287 Å². The van der Waals surface area contributed by atoms with Gasteiger partial charge in [-0.15, -0.1) is 11.3 Å². The third kappa shape index (κ3) is 4.55. The predicted molar refractivity (Wildman–Crippen MR) is 209 cm³/mol. The number of benzene rings is 7. The van der Waals surface area contributed by atoms with Crippen LogP contribution in [0.15, 0.2) is 170 Å². The van der Waals surface area contributed by atoms with E-state index in [-0.39, 0.29) is 0 Å². The summed E-state index contributed by atoms with van der Waals surface area (Å²) in [6.45, 7) is 0. The van der Waals surface area contributed by atoms with Gasteiger partial charge in [0.25, 0.3) is 0 Å². The van der Waals surface area contributed by atoms with E-state index in [1.165, 1.54) is 64.3 Å². The van der Waals surface area contributed by atoms with E-state index in [0.29, 0.717) is 0 Å². The number of thiophene rings is 1. The molecule has 228 valence electrons. The number of hydrogen-bond acceptors (Lipinski definition) is 3. The van der Waals surface area contributed by atoms with Gasteiger partial charge in [0.05, 0.1) is 16.7 Å². The van der Waals surface area contributed by atoms with Crippen LogP contribution in [0.5, 0.6) is 0 Å². The standard InChI is InChI=1S/C46H28N2S/c1-3-15-33-29(10-1)12-7-19-39(33)43-28-41(46(49-43)40-20-8-13-30-11-2-4-16-34(30)40)37-24-25-38(36-18-6-5-17-35(36)37)42-26-23-32-22-21-31-14-9-27-47-44(31)45(32)48-42/h1-28H. The molecule has 0 aliphatic rings. The molecule has 0 unspecified atom stereocenters. The van der Waals surface area contributed by atoms with E-state index >= 15 is 0 Å². The van der Waals surface area contributed by atoms with Gasteiger partial charge >= 0.3 is 0 Å². The maximum absolute atomic E-state index is 5.24. The van der Waals surface area contributed by atoms with Gasteiger partial charge in [0.2, 0.25) is 0 Å². The number of rotatable bonds is 4. The van der Waals surface area contributed by atoms with Gasteiger partial charge in [-0.2, -0.15) is 0 Å². The van der Waals surface area contributed by atoms with Gasteiger partial charge in [0.15, 0.2) is 0 Å². The molecule has 0 saturated heterocycles. The van der Waals surface area contributed by atoms with Crippen molar-refractivity contribution in [1.82, 2.24) is 9.97 Å². The molecule has 0 bridgehead atoms. The zero-order chi connectivity index (χ0) is 32.3. The Morgan fingerprint density at radius 1 is 0.367 bits per heavy atom. The zero-order valence-corrected chi connectivity index (χ0v) is 27.3. The normalized spacial score (nSPS) is 11.7. The van der Waals surface area contributed by atoms with E-state index in [0.717, 1.165) is 33.1 Å². The molecule has 0 fully saturated rings. The largest absolute Gasteiger partial charge is 0.254 e. The second-order valence-electron chi connectivity index (χ2n) is 12.5. The Balaban J connectivity index is 1.22. The molecule has 10 rings (SSSR count). The molecule has 0 aliphatic heterocycles. The van der Waals surface area contributed by atoms with Crippen LogP contribution in [0.25, 0.3) is 97.4 Å². The van der Waals surface area contributed by atoms with Crippen LogP contribution < -0.4 is 0 Å². The summed E-state index contributed by atoms with van der Waals surface area (Å²) >= 11 is 1.88. The summed E-state index contributed by atoms with van der Waals surface area (Å²) in [5, 5.41) is 9.61. The van der Waals surface area contributed by atoms with E-state index < -0.39 is 0 Å². The highest BCUT2D eigenvalue weighted by atomic mass is 32.1. The highest BCUT2D eigenvalue weighted by Gasteiger charge is 2.20. The zero-order valence-electron chi connectivity index (χ0n) is 26.5. The van der Waals surface area contributed by atoms with Crippen molar-refractivity contribution in [3.63, 3.8) is 0 Å². The molecule has 0 spiro atoms. The molecule has 0 radical (unpaired) electrons. The average molecular weight is 641 g/mol. The second-order valence-corrected chi connectivity index (χ2v) is 13.6. The molecule has 49 heavy (non-hydrogen) atoms. The summed E-state index contributed by atoms with van der Waals surface area (Å²) in [7, 11) is 0. The van der Waals surface area contributed by atoms with E-state index in [2.05, 4.69) is 158 Å². The lowest BCUT2D eigenvalue weighted by Gasteiger charge is -2.14. The predicted octanol–water partition coefficient (Wildman–Crippen LogP) is 13.0. The van der Waals surface area contributed by atoms with Gasteiger partial charge in [-0.25, -0.2) is 4.98 Å². The first kappa shape index (κ1) is 27.9. The minimum absolute atomic E-state index is 0.930. The highest BCUT2D eigenvalue weighted by molar-refractivity contribution is 7.19. The van der Waals surface area contributed by atoms with Crippen molar-refractivity contribution in [2.45, 2.75) is 0 Å². The fourth-order valence-corrected chi connectivity index (χ4v) is 8.67. The first-order valence-electron chi connectivity index (χ1n) is 16.6. The molecule has 2 nitrogen and oxygen atoms in total. The fraction of sp³-hybridized carbons (Fsp3) is 0. The van der Waals surface area contributed by atoms with Crippen LogP contribution >= 0.6 is 11.3 Å². The summed E-state index contributed by atoms with van der Waals surface area (Å²) in [5.74, 6) is 0. The Morgan fingerprint density at radius 2 is 0.939 bits per heavy atom. The van der Waals surface area contributed by atoms with E-state index in [9.17, 15) is 0 Å². The molecular weight excluding hydrogens is 613 g/mol. The topological polar surface area (TPSA) is 25.8 Å². The van der Waals surface area contributed by atoms with Gasteiger partial charge in [-0.1, -0.05) is 146 Å². The maximum Gasteiger partial charge on any atom is 0.0972 e. The van der Waals surface area contributed by atoms with Gasteiger partial charge in [0, 0.05) is 43.4 Å². The minimum atomic E-state index is 0.930. The third-order valence-electron chi connectivity index (χ3n) is 9.74. The van der Waals surface area contributed by atoms with Crippen molar-refractivity contribution >= 4 is 65.5 Å². The van der Waals surface area contributed by atoms with Crippen LogP contribution in [0, 0.1) is 0 Å². The summed E-state index contributed by atoms with van der Waals surface area (Å²) in [6.07, 6.45) is 1.85. The second kappa shape index (κ2) is 11.2. The number of fused-ring (bicyclic) bond motifs is 6. The fourth-order valence-electron chi connectivity index (χ4n) is 7.42. The molecule has 0 atom stereocenters. The lowest BCUT2D eigenvalue weighted by molar-refractivity contribution is 1.37. The van der Waals surface area contributed by atoms with Crippen molar-refractivity contribution in [3.05, 3.63) is 170 Å². The summed E-state index contributed by atoms with van der Waals surface area (Å²) in [5.41, 5.74) is 8.91. The molecule has 0 saturated carbocycles. The van der Waals surface area contributed by atoms with Gasteiger partial charge in [-0.05, 0) is 61.6 Å². The van der Waals surface area contributed by atoms with Crippen LogP contribution in [-0.4, -0.2) is 9.97 Å². The lowest BCUT2D eigenvalue weighted by atomic mass is 9.91. The number of nitrogens with zero attached hydrogens (tertiary/aromatic N) is 2. The van der Waals surface area contributed by atoms with Crippen molar-refractivity contribution in [1.29, 1.82) is 0 Å². The Morgan fingerprint density at radius 3 is 1.71 bits per heavy atom. The van der Waals surface area contributed by atoms with Crippen LogP contribution in [0.2, 0.25) is 0 Å². The molecule has 7 aromatic carbocycles. The van der Waals surface area contributed by atoms with E-state index in [1.54, 1.807) is 0 Å². The molecule has 0 aliphatic carbocycles. The van der Waals surface area contributed by atoms with Crippen molar-refractivity contribution in [2.24, 2.45) is 0 Å². The summed E-state index contributed by atoms with van der Waals surface area (Å²) in [4.78, 5) is 12.5. The summed E-state index contributed by atoms with van der Waals surface area (Å²) in [6, 6.07) is 59.1. The van der Waals surface area contributed by atoms with Gasteiger partial charge in [-0.3, -0.25) is 4.98 Å². The number of hydrogen-bond donors (Lipinski definition) is 0. The lowest BCUT2D eigenvalue weighted by Crippen LogP contribution is -1.91. The van der Waals surface area contributed by atoms with Crippen LogP contribution in [0.1, 0.15) is 0 Å². The van der Waals surface area contributed by atoms with Crippen LogP contribution in [-0.2, 0) is 0 Å². The number of pyridine rings is 2. The Hall–Kier alpha value is -6.16. The van der Waals surface area contributed by atoms with Crippen molar-refractivity contribution in [3.8, 4) is 43.3 Å². The first-order valence-corrected chi connectivity index (χ1v) is 17.4. The molecule has 3 aromatic heterocycles. The molecule has 3 heterocycles. The smallest absolute Gasteiger partial charge is 0.0972 e. The monoisotopic (exact) mass is 640 g/mol. The van der Waals surface area contributed by atoms with Crippen LogP contribution in [0.4, 0.5) is 0 Å². The molecule has 3 heteroatoms. The highest BCUT2D eigenvalue weighted by Crippen LogP contribution is 2.48. The molecule has 0 N–H and O–H groups in total. The van der Waals surface area contributed by atoms with Gasteiger partial charge < -0.3 is 0 Å². The average Bonchev–Trinajstić information content (AvgIpc) is 3.61. The van der Waals surface area contributed by atoms with Gasteiger partial charge in [0.1, 0.15) is 0 Å². The minimum Gasteiger partial charge on any atom is -0.254 e. The van der Waals surface area contributed by atoms with Crippen LogP contribution in [0.3, 0.4) is 0 Å².